The van der Waals surface area contributed by atoms with Crippen molar-refractivity contribution in [2.24, 2.45) is 0 Å². The summed E-state index contributed by atoms with van der Waals surface area (Å²) in [6.07, 6.45) is 3.79. The molecule has 0 aliphatic carbocycles. The fourth-order valence-corrected chi connectivity index (χ4v) is 6.50. The van der Waals surface area contributed by atoms with Gasteiger partial charge in [-0.25, -0.2) is 4.98 Å². The average Bonchev–Trinajstić information content (AvgIpc) is 3.32. The molecule has 0 bridgehead atoms. The topological polar surface area (TPSA) is 29.0 Å². The SMILES string of the molecule is [2H]c1ccc2ccc(N(c3ccc4c(c3)sc3cc5cccnc5cc34)c3cc4ccccc4cn3)cc2c1. The van der Waals surface area contributed by atoms with E-state index in [4.69, 9.17) is 6.35 Å². The summed E-state index contributed by atoms with van der Waals surface area (Å²) in [5.41, 5.74) is 3.06. The van der Waals surface area contributed by atoms with Crippen LogP contribution < -0.4 is 4.90 Å². The predicted molar refractivity (Wildman–Crippen MR) is 162 cm³/mol. The molecule has 0 unspecified atom stereocenters. The van der Waals surface area contributed by atoms with Crippen LogP contribution in [-0.2, 0) is 0 Å². The van der Waals surface area contributed by atoms with E-state index in [2.05, 4.69) is 88.7 Å². The molecule has 8 aromatic rings. The van der Waals surface area contributed by atoms with Crippen molar-refractivity contribution >= 4 is 81.1 Å². The summed E-state index contributed by atoms with van der Waals surface area (Å²) in [6, 6.07) is 38.3. The molecule has 4 heteroatoms. The Morgan fingerprint density at radius 3 is 2.34 bits per heavy atom. The zero-order chi connectivity index (χ0) is 25.9. The van der Waals surface area contributed by atoms with Gasteiger partial charge >= 0.3 is 0 Å². The van der Waals surface area contributed by atoms with Crippen molar-refractivity contribution < 1.29 is 1.37 Å². The number of rotatable bonds is 3. The Kier molecular flexibility index (Phi) is 4.47. The normalized spacial score (nSPS) is 12.1. The summed E-state index contributed by atoms with van der Waals surface area (Å²) in [7, 11) is 0. The number of anilines is 3. The molecular weight excluding hydrogens is 482 g/mol. The van der Waals surface area contributed by atoms with E-state index < -0.39 is 0 Å². The van der Waals surface area contributed by atoms with Crippen LogP contribution in [0.2, 0.25) is 0 Å². The smallest absolute Gasteiger partial charge is 0.138 e. The van der Waals surface area contributed by atoms with Crippen LogP contribution in [0.1, 0.15) is 1.37 Å². The predicted octanol–water partition coefficient (Wildman–Crippen LogP) is 9.77. The molecular formula is C34H21N3S. The molecule has 0 fully saturated rings. The van der Waals surface area contributed by atoms with Gasteiger partial charge in [-0.05, 0) is 64.7 Å². The zero-order valence-electron chi connectivity index (χ0n) is 21.3. The maximum Gasteiger partial charge on any atom is 0.138 e. The lowest BCUT2D eigenvalue weighted by Crippen LogP contribution is -2.11. The molecule has 5 aromatic carbocycles. The van der Waals surface area contributed by atoms with Crippen LogP contribution in [0.3, 0.4) is 0 Å². The Balaban J connectivity index is 1.35. The largest absolute Gasteiger partial charge is 0.295 e. The van der Waals surface area contributed by atoms with Crippen LogP contribution in [0.25, 0.3) is 52.6 Å². The molecule has 0 amide bonds. The van der Waals surface area contributed by atoms with Crippen molar-refractivity contribution in [2.75, 3.05) is 4.90 Å². The van der Waals surface area contributed by atoms with E-state index in [1.54, 1.807) is 11.3 Å². The molecule has 3 nitrogen and oxygen atoms in total. The first kappa shape index (κ1) is 20.3. The van der Waals surface area contributed by atoms with Gasteiger partial charge in [-0.1, -0.05) is 66.7 Å². The molecule has 3 aromatic heterocycles. The van der Waals surface area contributed by atoms with Gasteiger partial charge < -0.3 is 0 Å². The summed E-state index contributed by atoms with van der Waals surface area (Å²) in [5.74, 6) is 0.852. The van der Waals surface area contributed by atoms with E-state index in [1.807, 2.05) is 42.7 Å². The monoisotopic (exact) mass is 504 g/mol. The van der Waals surface area contributed by atoms with E-state index in [9.17, 15) is 0 Å². The van der Waals surface area contributed by atoms with Gasteiger partial charge in [-0.3, -0.25) is 9.88 Å². The number of nitrogens with zero attached hydrogens (tertiary/aromatic N) is 3. The molecule has 0 saturated carbocycles. The van der Waals surface area contributed by atoms with E-state index in [1.165, 1.54) is 20.2 Å². The first-order valence-corrected chi connectivity index (χ1v) is 13.4. The highest BCUT2D eigenvalue weighted by Gasteiger charge is 2.17. The minimum Gasteiger partial charge on any atom is -0.295 e. The first-order valence-electron chi connectivity index (χ1n) is 13.1. The Hall–Kier alpha value is -4.80. The second-order valence-electron chi connectivity index (χ2n) is 9.51. The molecule has 0 radical (unpaired) electrons. The summed E-state index contributed by atoms with van der Waals surface area (Å²) < 4.78 is 10.6. The summed E-state index contributed by atoms with van der Waals surface area (Å²) in [6.45, 7) is 0. The number of benzene rings is 5. The summed E-state index contributed by atoms with van der Waals surface area (Å²) in [5, 5.41) is 8.02. The molecule has 0 atom stereocenters. The fraction of sp³-hybridized carbons (Fsp3) is 0. The number of aromatic nitrogens is 2. The molecule has 0 saturated heterocycles. The highest BCUT2D eigenvalue weighted by atomic mass is 32.1. The highest BCUT2D eigenvalue weighted by molar-refractivity contribution is 7.25. The number of pyridine rings is 2. The van der Waals surface area contributed by atoms with Crippen molar-refractivity contribution in [2.45, 2.75) is 0 Å². The molecule has 3 heterocycles. The van der Waals surface area contributed by atoms with Crippen molar-refractivity contribution in [3.05, 3.63) is 128 Å². The van der Waals surface area contributed by atoms with E-state index in [0.29, 0.717) is 6.04 Å². The zero-order valence-corrected chi connectivity index (χ0v) is 21.1. The van der Waals surface area contributed by atoms with E-state index in [0.717, 1.165) is 49.6 Å². The van der Waals surface area contributed by atoms with Gasteiger partial charge in [0.05, 0.1) is 6.89 Å². The van der Waals surface area contributed by atoms with Gasteiger partial charge in [0, 0.05) is 54.7 Å². The summed E-state index contributed by atoms with van der Waals surface area (Å²) >= 11 is 1.81. The van der Waals surface area contributed by atoms with Crippen molar-refractivity contribution in [1.82, 2.24) is 9.97 Å². The lowest BCUT2D eigenvalue weighted by Gasteiger charge is -2.25. The van der Waals surface area contributed by atoms with Crippen LogP contribution in [0.15, 0.2) is 128 Å². The lowest BCUT2D eigenvalue weighted by atomic mass is 10.1. The molecule has 8 rings (SSSR count). The van der Waals surface area contributed by atoms with E-state index >= 15 is 0 Å². The van der Waals surface area contributed by atoms with Gasteiger partial charge in [0.1, 0.15) is 5.82 Å². The van der Waals surface area contributed by atoms with Crippen LogP contribution >= 0.6 is 11.3 Å². The minimum atomic E-state index is 0.503. The third-order valence-electron chi connectivity index (χ3n) is 7.21. The lowest BCUT2D eigenvalue weighted by molar-refractivity contribution is 1.20. The number of thiophene rings is 1. The molecule has 0 aliphatic heterocycles. The molecule has 0 spiro atoms. The van der Waals surface area contributed by atoms with Gasteiger partial charge in [0.15, 0.2) is 0 Å². The second-order valence-corrected chi connectivity index (χ2v) is 10.6. The Morgan fingerprint density at radius 2 is 1.37 bits per heavy atom. The number of hydrogen-bond acceptors (Lipinski definition) is 4. The molecule has 38 heavy (non-hydrogen) atoms. The Labute approximate surface area is 224 Å². The van der Waals surface area contributed by atoms with Crippen molar-refractivity contribution in [1.29, 1.82) is 0 Å². The Morgan fingerprint density at radius 1 is 0.579 bits per heavy atom. The number of hydrogen-bond donors (Lipinski definition) is 0. The maximum atomic E-state index is 8.14. The molecule has 0 N–H and O–H groups in total. The first-order chi connectivity index (χ1) is 19.2. The minimum absolute atomic E-state index is 0.503. The average molecular weight is 505 g/mol. The Bertz CT molecular complexity index is 2220. The van der Waals surface area contributed by atoms with Gasteiger partial charge in [-0.15, -0.1) is 11.3 Å². The van der Waals surface area contributed by atoms with Crippen LogP contribution in [0.4, 0.5) is 17.2 Å². The standard InChI is InChI=1S/C34H21N3S/c1-2-7-23-16-27(12-11-22(23)6-1)37(34-18-24-8-3-4-9-26(24)21-36-34)28-13-14-29-30-20-31-25(10-5-15-35-31)17-32(30)38-33(29)19-28/h1-21H/i2D. The van der Waals surface area contributed by atoms with Gasteiger partial charge in [-0.2, -0.15) is 0 Å². The van der Waals surface area contributed by atoms with Gasteiger partial charge in [0.2, 0.25) is 0 Å². The third-order valence-corrected chi connectivity index (χ3v) is 8.33. The summed E-state index contributed by atoms with van der Waals surface area (Å²) in [4.78, 5) is 11.7. The van der Waals surface area contributed by atoms with Crippen LogP contribution in [0.5, 0.6) is 0 Å². The van der Waals surface area contributed by atoms with Crippen LogP contribution in [-0.4, -0.2) is 9.97 Å². The molecule has 0 aliphatic rings. The van der Waals surface area contributed by atoms with Crippen molar-refractivity contribution in [3.8, 4) is 0 Å². The van der Waals surface area contributed by atoms with E-state index in [-0.39, 0.29) is 0 Å². The van der Waals surface area contributed by atoms with Crippen molar-refractivity contribution in [3.63, 3.8) is 0 Å². The quantitative estimate of drug-likeness (QED) is 0.240. The number of fused-ring (bicyclic) bond motifs is 6. The highest BCUT2D eigenvalue weighted by Crippen LogP contribution is 2.41. The third kappa shape index (κ3) is 3.42. The maximum absolute atomic E-state index is 8.14. The fourth-order valence-electron chi connectivity index (χ4n) is 5.33. The molecule has 178 valence electrons. The second kappa shape index (κ2) is 8.37. The van der Waals surface area contributed by atoms with Crippen LogP contribution in [0, 0.1) is 0 Å². The van der Waals surface area contributed by atoms with Gasteiger partial charge in [0.25, 0.3) is 0 Å².